The fraction of sp³-hybridized carbons (Fsp3) is 0.188. The smallest absolute Gasteiger partial charge is 0.267 e. The maximum atomic E-state index is 11.7. The topological polar surface area (TPSA) is 104 Å². The first-order valence-electron chi connectivity index (χ1n) is 6.97. The van der Waals surface area contributed by atoms with Gasteiger partial charge in [0.05, 0.1) is 6.61 Å². The number of carbonyl (C=O) groups is 2. The molecule has 0 atom stereocenters. The van der Waals surface area contributed by atoms with Crippen LogP contribution in [-0.2, 0) is 9.53 Å². The van der Waals surface area contributed by atoms with E-state index in [9.17, 15) is 9.59 Å². The molecule has 1 heterocycles. The summed E-state index contributed by atoms with van der Waals surface area (Å²) >= 11 is 0. The first-order chi connectivity index (χ1) is 11.1. The van der Waals surface area contributed by atoms with E-state index >= 15 is 0 Å². The minimum atomic E-state index is -0.657. The summed E-state index contributed by atoms with van der Waals surface area (Å²) in [5, 5.41) is 2.52. The molecule has 1 aromatic carbocycles. The van der Waals surface area contributed by atoms with E-state index in [1.807, 2.05) is 30.3 Å². The largest absolute Gasteiger partial charge is 0.491 e. The van der Waals surface area contributed by atoms with Crippen LogP contribution in [0.1, 0.15) is 10.5 Å². The van der Waals surface area contributed by atoms with Gasteiger partial charge in [0.25, 0.3) is 11.8 Å². The Bertz CT molecular complexity index is 661. The summed E-state index contributed by atoms with van der Waals surface area (Å²) in [4.78, 5) is 26.6. The molecule has 0 bridgehead atoms. The summed E-state index contributed by atoms with van der Waals surface area (Å²) < 4.78 is 10.6. The standard InChI is InChI=1S/C16H17N3O4/c17-16(21)13-7-4-8-14(18-13)19-15(20)11-22-9-10-23-12-5-2-1-3-6-12/h1-8H,9-11H2,(H2,17,21)(H,18,19,20). The summed E-state index contributed by atoms with van der Waals surface area (Å²) in [5.74, 6) is -0.0438. The minimum absolute atomic E-state index is 0.0833. The van der Waals surface area contributed by atoms with Crippen molar-refractivity contribution in [2.45, 2.75) is 0 Å². The fourth-order valence-electron chi connectivity index (χ4n) is 1.72. The number of para-hydroxylation sites is 1. The highest BCUT2D eigenvalue weighted by molar-refractivity contribution is 5.93. The zero-order chi connectivity index (χ0) is 16.5. The summed E-state index contributed by atoms with van der Waals surface area (Å²) in [6.45, 7) is 0.477. The number of hydrogen-bond donors (Lipinski definition) is 2. The molecule has 2 rings (SSSR count). The van der Waals surface area contributed by atoms with E-state index in [-0.39, 0.29) is 30.6 Å². The van der Waals surface area contributed by atoms with Gasteiger partial charge in [-0.3, -0.25) is 9.59 Å². The summed E-state index contributed by atoms with van der Waals surface area (Å²) in [7, 11) is 0. The number of anilines is 1. The van der Waals surface area contributed by atoms with Crippen molar-refractivity contribution in [2.24, 2.45) is 5.73 Å². The Morgan fingerprint density at radius 1 is 1.04 bits per heavy atom. The Labute approximate surface area is 133 Å². The van der Waals surface area contributed by atoms with Crippen LogP contribution in [0.5, 0.6) is 5.75 Å². The Morgan fingerprint density at radius 3 is 2.57 bits per heavy atom. The molecule has 3 N–H and O–H groups in total. The average Bonchev–Trinajstić information content (AvgIpc) is 2.55. The third kappa shape index (κ3) is 5.76. The fourth-order valence-corrected chi connectivity index (χ4v) is 1.72. The first kappa shape index (κ1) is 16.4. The van der Waals surface area contributed by atoms with Gasteiger partial charge in [-0.1, -0.05) is 24.3 Å². The third-order valence-electron chi connectivity index (χ3n) is 2.74. The number of pyridine rings is 1. The molecular formula is C16H17N3O4. The molecule has 0 unspecified atom stereocenters. The van der Waals surface area contributed by atoms with Crippen LogP contribution < -0.4 is 15.8 Å². The molecule has 23 heavy (non-hydrogen) atoms. The van der Waals surface area contributed by atoms with Crippen molar-refractivity contribution in [3.05, 3.63) is 54.2 Å². The van der Waals surface area contributed by atoms with Crippen molar-refractivity contribution in [3.63, 3.8) is 0 Å². The van der Waals surface area contributed by atoms with Gasteiger partial charge in [-0.05, 0) is 24.3 Å². The third-order valence-corrected chi connectivity index (χ3v) is 2.74. The van der Waals surface area contributed by atoms with Crippen molar-refractivity contribution in [1.82, 2.24) is 4.98 Å². The van der Waals surface area contributed by atoms with Crippen LogP contribution in [0.4, 0.5) is 5.82 Å². The van der Waals surface area contributed by atoms with Gasteiger partial charge in [-0.2, -0.15) is 0 Å². The predicted octanol–water partition coefficient (Wildman–Crippen LogP) is 1.21. The average molecular weight is 315 g/mol. The molecule has 0 radical (unpaired) electrons. The second-order valence-corrected chi connectivity index (χ2v) is 4.53. The number of aromatic nitrogens is 1. The SMILES string of the molecule is NC(=O)c1cccc(NC(=O)COCCOc2ccccc2)n1. The second-order valence-electron chi connectivity index (χ2n) is 4.53. The van der Waals surface area contributed by atoms with Gasteiger partial charge in [0.2, 0.25) is 0 Å². The molecule has 7 nitrogen and oxygen atoms in total. The van der Waals surface area contributed by atoms with Gasteiger partial charge in [0, 0.05) is 0 Å². The number of primary amides is 1. The lowest BCUT2D eigenvalue weighted by Crippen LogP contribution is -2.21. The minimum Gasteiger partial charge on any atom is -0.491 e. The van der Waals surface area contributed by atoms with E-state index < -0.39 is 5.91 Å². The maximum absolute atomic E-state index is 11.7. The Balaban J connectivity index is 1.67. The molecule has 120 valence electrons. The Kier molecular flexibility index (Phi) is 6.07. The van der Waals surface area contributed by atoms with Crippen LogP contribution in [0, 0.1) is 0 Å². The van der Waals surface area contributed by atoms with E-state index in [0.717, 1.165) is 5.75 Å². The van der Waals surface area contributed by atoms with Gasteiger partial charge in [-0.15, -0.1) is 0 Å². The number of hydrogen-bond acceptors (Lipinski definition) is 5. The molecule has 7 heteroatoms. The van der Waals surface area contributed by atoms with Crippen molar-refractivity contribution in [1.29, 1.82) is 0 Å². The van der Waals surface area contributed by atoms with E-state index in [1.165, 1.54) is 6.07 Å². The molecule has 0 spiro atoms. The van der Waals surface area contributed by atoms with E-state index in [4.69, 9.17) is 15.2 Å². The Hall–Kier alpha value is -2.93. The molecule has 0 aliphatic heterocycles. The number of benzene rings is 1. The number of nitrogens with two attached hydrogens (primary N) is 1. The van der Waals surface area contributed by atoms with Crippen molar-refractivity contribution >= 4 is 17.6 Å². The summed E-state index contributed by atoms with van der Waals surface area (Å²) in [6, 6.07) is 13.9. The lowest BCUT2D eigenvalue weighted by Gasteiger charge is -2.08. The number of nitrogens with zero attached hydrogens (tertiary/aromatic N) is 1. The number of carbonyl (C=O) groups excluding carboxylic acids is 2. The van der Waals surface area contributed by atoms with Crippen LogP contribution in [0.3, 0.4) is 0 Å². The number of ether oxygens (including phenoxy) is 2. The van der Waals surface area contributed by atoms with Crippen molar-refractivity contribution in [3.8, 4) is 5.75 Å². The van der Waals surface area contributed by atoms with Gasteiger partial charge in [0.1, 0.15) is 30.5 Å². The number of nitrogens with one attached hydrogen (secondary N) is 1. The molecule has 2 amide bonds. The highest BCUT2D eigenvalue weighted by atomic mass is 16.5. The van der Waals surface area contributed by atoms with Crippen LogP contribution in [0.2, 0.25) is 0 Å². The summed E-state index contributed by atoms with van der Waals surface area (Å²) in [5.41, 5.74) is 5.21. The monoisotopic (exact) mass is 315 g/mol. The maximum Gasteiger partial charge on any atom is 0.267 e. The predicted molar refractivity (Wildman–Crippen MR) is 84.1 cm³/mol. The van der Waals surface area contributed by atoms with Crippen molar-refractivity contribution in [2.75, 3.05) is 25.1 Å². The normalized spacial score (nSPS) is 10.1. The zero-order valence-corrected chi connectivity index (χ0v) is 12.4. The number of rotatable bonds is 8. The molecule has 0 fully saturated rings. The molecule has 2 aromatic rings. The van der Waals surface area contributed by atoms with Crippen molar-refractivity contribution < 1.29 is 19.1 Å². The summed E-state index contributed by atoms with van der Waals surface area (Å²) in [6.07, 6.45) is 0. The number of amides is 2. The van der Waals surface area contributed by atoms with Gasteiger partial charge in [-0.25, -0.2) is 4.98 Å². The molecule has 1 aromatic heterocycles. The van der Waals surface area contributed by atoms with Crippen LogP contribution in [-0.4, -0.2) is 36.6 Å². The van der Waals surface area contributed by atoms with E-state index in [1.54, 1.807) is 12.1 Å². The van der Waals surface area contributed by atoms with E-state index in [0.29, 0.717) is 6.61 Å². The Morgan fingerprint density at radius 2 is 1.83 bits per heavy atom. The molecular weight excluding hydrogens is 298 g/mol. The highest BCUT2D eigenvalue weighted by Gasteiger charge is 2.06. The van der Waals surface area contributed by atoms with Crippen LogP contribution in [0.15, 0.2) is 48.5 Å². The quantitative estimate of drug-likeness (QED) is 0.713. The first-order valence-corrected chi connectivity index (χ1v) is 6.97. The van der Waals surface area contributed by atoms with Gasteiger partial charge < -0.3 is 20.5 Å². The van der Waals surface area contributed by atoms with Crippen LogP contribution >= 0.6 is 0 Å². The lowest BCUT2D eigenvalue weighted by atomic mass is 10.3. The van der Waals surface area contributed by atoms with Gasteiger partial charge >= 0.3 is 0 Å². The van der Waals surface area contributed by atoms with E-state index in [2.05, 4.69) is 10.3 Å². The molecule has 0 aliphatic rings. The molecule has 0 saturated carbocycles. The lowest BCUT2D eigenvalue weighted by molar-refractivity contribution is -0.120. The van der Waals surface area contributed by atoms with Gasteiger partial charge in [0.15, 0.2) is 0 Å². The highest BCUT2D eigenvalue weighted by Crippen LogP contribution is 2.07. The zero-order valence-electron chi connectivity index (χ0n) is 12.4. The second kappa shape index (κ2) is 8.50. The molecule has 0 aliphatic carbocycles. The molecule has 0 saturated heterocycles. The van der Waals surface area contributed by atoms with Crippen LogP contribution in [0.25, 0.3) is 0 Å².